The molecule has 0 heterocycles. The summed E-state index contributed by atoms with van der Waals surface area (Å²) in [5.41, 5.74) is -0.478. The molecule has 4 nitrogen and oxygen atoms in total. The van der Waals surface area contributed by atoms with Crippen LogP contribution in [-0.2, 0) is 9.47 Å². The van der Waals surface area contributed by atoms with Crippen molar-refractivity contribution in [3.63, 3.8) is 0 Å². The van der Waals surface area contributed by atoms with E-state index in [1.54, 1.807) is 6.08 Å². The first-order chi connectivity index (χ1) is 8.24. The van der Waals surface area contributed by atoms with Gasteiger partial charge in [0, 0.05) is 0 Å². The zero-order chi connectivity index (χ0) is 14.2. The number of amides is 1. The maximum Gasteiger partial charge on any atom is 0.407 e. The summed E-state index contributed by atoms with van der Waals surface area (Å²) < 4.78 is 10.6. The van der Waals surface area contributed by atoms with E-state index in [-0.39, 0.29) is 6.04 Å². The molecule has 0 aliphatic carbocycles. The number of carbonyl (C=O) groups excluding carboxylic acids is 1. The lowest BCUT2D eigenvalue weighted by molar-refractivity contribution is 0.0444. The predicted octanol–water partition coefficient (Wildman–Crippen LogP) is 3.13. The number of carbonyl (C=O) groups is 1. The minimum Gasteiger partial charge on any atom is -0.444 e. The summed E-state index contributed by atoms with van der Waals surface area (Å²) in [6.45, 7) is 14.3. The average Bonchev–Trinajstić information content (AvgIpc) is 2.13. The van der Waals surface area contributed by atoms with Crippen LogP contribution in [0.4, 0.5) is 4.79 Å². The van der Waals surface area contributed by atoms with Gasteiger partial charge < -0.3 is 14.8 Å². The summed E-state index contributed by atoms with van der Waals surface area (Å²) >= 11 is 0. The molecule has 1 unspecified atom stereocenters. The van der Waals surface area contributed by atoms with Crippen LogP contribution in [0.2, 0.25) is 0 Å². The molecular formula is C14H27NO3. The van der Waals surface area contributed by atoms with Gasteiger partial charge in [-0.05, 0) is 33.1 Å². The second-order valence-electron chi connectivity index (χ2n) is 5.80. The van der Waals surface area contributed by atoms with Gasteiger partial charge in [0.25, 0.3) is 0 Å². The molecular weight excluding hydrogens is 230 g/mol. The third-order valence-corrected chi connectivity index (χ3v) is 2.03. The Hall–Kier alpha value is -1.03. The van der Waals surface area contributed by atoms with Crippen molar-refractivity contribution >= 4 is 6.09 Å². The molecule has 106 valence electrons. The van der Waals surface area contributed by atoms with E-state index in [1.165, 1.54) is 0 Å². The molecule has 0 rings (SSSR count). The fraction of sp³-hybridized carbons (Fsp3) is 0.786. The molecule has 0 saturated heterocycles. The molecule has 0 bridgehead atoms. The quantitative estimate of drug-likeness (QED) is 0.563. The zero-order valence-corrected chi connectivity index (χ0v) is 12.3. The Morgan fingerprint density at radius 3 is 2.44 bits per heavy atom. The molecule has 1 N–H and O–H groups in total. The van der Waals surface area contributed by atoms with Gasteiger partial charge in [0.15, 0.2) is 0 Å². The molecule has 0 aliphatic heterocycles. The van der Waals surface area contributed by atoms with E-state index in [0.29, 0.717) is 19.1 Å². The highest BCUT2D eigenvalue weighted by Gasteiger charge is 2.20. The van der Waals surface area contributed by atoms with Gasteiger partial charge in [0.05, 0.1) is 19.3 Å². The molecule has 18 heavy (non-hydrogen) atoms. The van der Waals surface area contributed by atoms with Crippen LogP contribution in [0.15, 0.2) is 12.7 Å². The molecule has 0 saturated carbocycles. The van der Waals surface area contributed by atoms with Crippen LogP contribution in [-0.4, -0.2) is 30.9 Å². The van der Waals surface area contributed by atoms with Crippen LogP contribution in [0.3, 0.4) is 0 Å². The molecule has 1 amide bonds. The number of hydrogen-bond acceptors (Lipinski definition) is 3. The van der Waals surface area contributed by atoms with Crippen molar-refractivity contribution in [3.8, 4) is 0 Å². The lowest BCUT2D eigenvalue weighted by Crippen LogP contribution is -2.42. The zero-order valence-electron chi connectivity index (χ0n) is 12.3. The predicted molar refractivity (Wildman–Crippen MR) is 73.6 cm³/mol. The van der Waals surface area contributed by atoms with Crippen LogP contribution in [0.25, 0.3) is 0 Å². The molecule has 0 aromatic heterocycles. The fourth-order valence-corrected chi connectivity index (χ4v) is 1.51. The molecule has 0 spiro atoms. The molecule has 0 aliphatic rings. The van der Waals surface area contributed by atoms with Crippen LogP contribution in [0.5, 0.6) is 0 Å². The van der Waals surface area contributed by atoms with Crippen molar-refractivity contribution in [1.29, 1.82) is 0 Å². The molecule has 0 radical (unpaired) electrons. The van der Waals surface area contributed by atoms with Gasteiger partial charge in [0.2, 0.25) is 0 Å². The summed E-state index contributed by atoms with van der Waals surface area (Å²) in [5, 5.41) is 2.84. The Balaban J connectivity index is 4.21. The van der Waals surface area contributed by atoms with E-state index in [1.807, 2.05) is 20.8 Å². The lowest BCUT2D eigenvalue weighted by Gasteiger charge is -2.24. The molecule has 4 heteroatoms. The maximum absolute atomic E-state index is 11.7. The minimum absolute atomic E-state index is 0.0280. The third kappa shape index (κ3) is 10.1. The van der Waals surface area contributed by atoms with Crippen LogP contribution in [0, 0.1) is 5.92 Å². The van der Waals surface area contributed by atoms with Crippen molar-refractivity contribution in [2.24, 2.45) is 5.92 Å². The largest absolute Gasteiger partial charge is 0.444 e. The maximum atomic E-state index is 11.7. The molecule has 0 aromatic carbocycles. The topological polar surface area (TPSA) is 47.6 Å². The van der Waals surface area contributed by atoms with Crippen molar-refractivity contribution in [2.75, 3.05) is 13.2 Å². The summed E-state index contributed by atoms with van der Waals surface area (Å²) in [7, 11) is 0. The van der Waals surface area contributed by atoms with Gasteiger partial charge >= 0.3 is 6.09 Å². The minimum atomic E-state index is -0.478. The molecule has 1 atom stereocenters. The van der Waals surface area contributed by atoms with Crippen LogP contribution in [0.1, 0.15) is 41.0 Å². The summed E-state index contributed by atoms with van der Waals surface area (Å²) in [5.74, 6) is 0.484. The first kappa shape index (κ1) is 17.0. The highest BCUT2D eigenvalue weighted by molar-refractivity contribution is 5.68. The van der Waals surface area contributed by atoms with Crippen molar-refractivity contribution in [2.45, 2.75) is 52.7 Å². The molecule has 0 fully saturated rings. The van der Waals surface area contributed by atoms with Gasteiger partial charge in [-0.1, -0.05) is 19.9 Å². The second kappa shape index (κ2) is 8.14. The van der Waals surface area contributed by atoms with E-state index < -0.39 is 11.7 Å². The highest BCUT2D eigenvalue weighted by atomic mass is 16.6. The number of rotatable bonds is 7. The van der Waals surface area contributed by atoms with E-state index in [4.69, 9.17) is 9.47 Å². The van der Waals surface area contributed by atoms with Crippen molar-refractivity contribution in [3.05, 3.63) is 12.7 Å². The van der Waals surface area contributed by atoms with Gasteiger partial charge in [-0.25, -0.2) is 4.79 Å². The van der Waals surface area contributed by atoms with Gasteiger partial charge in [-0.15, -0.1) is 6.58 Å². The number of ether oxygens (including phenoxy) is 2. The third-order valence-electron chi connectivity index (χ3n) is 2.03. The summed E-state index contributed by atoms with van der Waals surface area (Å²) in [6, 6.07) is -0.0280. The number of alkyl carbamates (subject to hydrolysis) is 1. The van der Waals surface area contributed by atoms with Gasteiger partial charge in [-0.3, -0.25) is 0 Å². The Labute approximate surface area is 111 Å². The SMILES string of the molecule is C=CCOCC(CC(C)C)NC(=O)OC(C)(C)C. The Kier molecular flexibility index (Phi) is 7.67. The van der Waals surface area contributed by atoms with Gasteiger partial charge in [0.1, 0.15) is 5.60 Å². The Morgan fingerprint density at radius 2 is 2.00 bits per heavy atom. The molecule has 0 aromatic rings. The first-order valence-corrected chi connectivity index (χ1v) is 6.42. The van der Waals surface area contributed by atoms with E-state index >= 15 is 0 Å². The lowest BCUT2D eigenvalue weighted by atomic mass is 10.0. The van der Waals surface area contributed by atoms with Crippen molar-refractivity contribution < 1.29 is 14.3 Å². The average molecular weight is 257 g/mol. The van der Waals surface area contributed by atoms with Crippen molar-refractivity contribution in [1.82, 2.24) is 5.32 Å². The number of nitrogens with one attached hydrogen (secondary N) is 1. The fourth-order valence-electron chi connectivity index (χ4n) is 1.51. The second-order valence-corrected chi connectivity index (χ2v) is 5.80. The smallest absolute Gasteiger partial charge is 0.407 e. The Bertz CT molecular complexity index is 256. The Morgan fingerprint density at radius 1 is 1.39 bits per heavy atom. The monoisotopic (exact) mass is 257 g/mol. The first-order valence-electron chi connectivity index (χ1n) is 6.42. The highest BCUT2D eigenvalue weighted by Crippen LogP contribution is 2.09. The van der Waals surface area contributed by atoms with E-state index in [9.17, 15) is 4.79 Å². The normalized spacial score (nSPS) is 13.2. The number of hydrogen-bond donors (Lipinski definition) is 1. The van der Waals surface area contributed by atoms with E-state index in [2.05, 4.69) is 25.7 Å². The van der Waals surface area contributed by atoms with E-state index in [0.717, 1.165) is 6.42 Å². The van der Waals surface area contributed by atoms with Crippen LogP contribution < -0.4 is 5.32 Å². The summed E-state index contributed by atoms with van der Waals surface area (Å²) in [4.78, 5) is 11.7. The summed E-state index contributed by atoms with van der Waals surface area (Å²) in [6.07, 6.45) is 2.16. The standard InChI is InChI=1S/C14H27NO3/c1-7-8-17-10-12(9-11(2)3)15-13(16)18-14(4,5)6/h7,11-12H,1,8-10H2,2-6H3,(H,15,16). The van der Waals surface area contributed by atoms with Crippen LogP contribution >= 0.6 is 0 Å². The van der Waals surface area contributed by atoms with Gasteiger partial charge in [-0.2, -0.15) is 0 Å².